The molecule has 0 heterocycles. The Bertz CT molecular complexity index is 109. The van der Waals surface area contributed by atoms with Crippen LogP contribution in [0.5, 0.6) is 0 Å². The van der Waals surface area contributed by atoms with Gasteiger partial charge in [0.25, 0.3) is 0 Å². The van der Waals surface area contributed by atoms with Gasteiger partial charge in [0, 0.05) is 0 Å². The van der Waals surface area contributed by atoms with E-state index in [1.54, 1.807) is 0 Å². The molecule has 0 aromatic heterocycles. The maximum atomic E-state index is 4.58. The van der Waals surface area contributed by atoms with Crippen molar-refractivity contribution in [1.82, 2.24) is 0 Å². The zero-order chi connectivity index (χ0) is 8.86. The summed E-state index contributed by atoms with van der Waals surface area (Å²) in [6.07, 6.45) is 12.0. The summed E-state index contributed by atoms with van der Waals surface area (Å²) in [7, 11) is 0. The molecule has 1 saturated carbocycles. The molecule has 1 aliphatic carbocycles. The Morgan fingerprint density at radius 3 is 1.33 bits per heavy atom. The zero-order valence-electron chi connectivity index (χ0n) is 7.76. The smallest absolute Gasteiger partial charge is 0.0552 e. The van der Waals surface area contributed by atoms with E-state index in [4.69, 9.17) is 0 Å². The maximum Gasteiger partial charge on any atom is 0.0552 e. The molecule has 1 aliphatic rings. The van der Waals surface area contributed by atoms with Crippen LogP contribution in [0.4, 0.5) is 0 Å². The molecule has 0 bridgehead atoms. The monoisotopic (exact) mass is 204 g/mol. The molecular formula is C10H20S2. The van der Waals surface area contributed by atoms with Gasteiger partial charge in [-0.15, -0.1) is 0 Å². The summed E-state index contributed by atoms with van der Waals surface area (Å²) in [6.45, 7) is 0. The molecule has 0 N–H and O–H groups in total. The summed E-state index contributed by atoms with van der Waals surface area (Å²) in [5.74, 6) is 0. The highest BCUT2D eigenvalue weighted by atomic mass is 32.2. The van der Waals surface area contributed by atoms with E-state index in [0.29, 0.717) is 0 Å². The van der Waals surface area contributed by atoms with Crippen molar-refractivity contribution in [3.8, 4) is 0 Å². The third-order valence-electron chi connectivity index (χ3n) is 2.65. The number of rotatable bonds is 0. The molecule has 0 aromatic carbocycles. The van der Waals surface area contributed by atoms with Gasteiger partial charge in [-0.2, -0.15) is 25.3 Å². The molecular weight excluding hydrogens is 184 g/mol. The maximum absolute atomic E-state index is 4.58. The molecule has 0 aromatic rings. The van der Waals surface area contributed by atoms with Gasteiger partial charge in [0.2, 0.25) is 0 Å². The highest BCUT2D eigenvalue weighted by Gasteiger charge is 2.19. The van der Waals surface area contributed by atoms with E-state index in [1.165, 1.54) is 57.8 Å². The third-order valence-corrected chi connectivity index (χ3v) is 3.55. The first-order valence-electron chi connectivity index (χ1n) is 5.15. The Labute approximate surface area is 87.3 Å². The van der Waals surface area contributed by atoms with Gasteiger partial charge in [0.05, 0.1) is 4.08 Å². The minimum Gasteiger partial charge on any atom is -0.162 e. The minimum atomic E-state index is 0.0251. The normalized spacial score (nSPS) is 26.5. The van der Waals surface area contributed by atoms with E-state index in [-0.39, 0.29) is 4.08 Å². The van der Waals surface area contributed by atoms with Crippen LogP contribution in [-0.4, -0.2) is 4.08 Å². The van der Waals surface area contributed by atoms with Crippen molar-refractivity contribution in [3.63, 3.8) is 0 Å². The lowest BCUT2D eigenvalue weighted by molar-refractivity contribution is 0.498. The van der Waals surface area contributed by atoms with Crippen molar-refractivity contribution in [2.45, 2.75) is 61.9 Å². The summed E-state index contributed by atoms with van der Waals surface area (Å²) < 4.78 is 0.0251. The average molecular weight is 204 g/mol. The van der Waals surface area contributed by atoms with Gasteiger partial charge >= 0.3 is 0 Å². The first kappa shape index (κ1) is 10.8. The summed E-state index contributed by atoms with van der Waals surface area (Å²) in [6, 6.07) is 0. The molecule has 0 nitrogen and oxygen atoms in total. The molecule has 0 radical (unpaired) electrons. The van der Waals surface area contributed by atoms with Crippen LogP contribution in [0.1, 0.15) is 57.8 Å². The minimum absolute atomic E-state index is 0.0251. The second kappa shape index (κ2) is 5.43. The van der Waals surface area contributed by atoms with Gasteiger partial charge in [0.15, 0.2) is 0 Å². The Balaban J connectivity index is 2.27. The Morgan fingerprint density at radius 2 is 0.917 bits per heavy atom. The lowest BCUT2D eigenvalue weighted by atomic mass is 10.0. The van der Waals surface area contributed by atoms with Gasteiger partial charge < -0.3 is 0 Å². The van der Waals surface area contributed by atoms with E-state index in [1.807, 2.05) is 0 Å². The average Bonchev–Trinajstić information content (AvgIpc) is 2.02. The van der Waals surface area contributed by atoms with Crippen LogP contribution < -0.4 is 0 Å². The predicted octanol–water partition coefficient (Wildman–Crippen LogP) is 4.07. The lowest BCUT2D eigenvalue weighted by Gasteiger charge is -2.23. The number of thiol groups is 2. The molecule has 1 rings (SSSR count). The largest absolute Gasteiger partial charge is 0.162 e. The summed E-state index contributed by atoms with van der Waals surface area (Å²) in [5.41, 5.74) is 0. The van der Waals surface area contributed by atoms with Crippen molar-refractivity contribution in [2.75, 3.05) is 0 Å². The SMILES string of the molecule is SC1(S)CCCCCCCCC1. The molecule has 0 saturated heterocycles. The predicted molar refractivity (Wildman–Crippen MR) is 62.3 cm³/mol. The van der Waals surface area contributed by atoms with Crippen molar-refractivity contribution in [2.24, 2.45) is 0 Å². The molecule has 0 spiro atoms. The van der Waals surface area contributed by atoms with Crippen LogP contribution in [0.25, 0.3) is 0 Å². The Hall–Kier alpha value is 0.700. The lowest BCUT2D eigenvalue weighted by Crippen LogP contribution is -2.13. The standard InChI is InChI=1S/C10H20S2/c11-10(12)8-6-4-2-1-3-5-7-9-10/h11-12H,1-9H2. The Kier molecular flexibility index (Phi) is 4.88. The summed E-state index contributed by atoms with van der Waals surface area (Å²) in [5, 5.41) is 0. The number of hydrogen-bond acceptors (Lipinski definition) is 2. The molecule has 0 aliphatic heterocycles. The first-order chi connectivity index (χ1) is 5.71. The van der Waals surface area contributed by atoms with Gasteiger partial charge in [0.1, 0.15) is 0 Å². The third kappa shape index (κ3) is 4.66. The van der Waals surface area contributed by atoms with E-state index in [0.717, 1.165) is 0 Å². The van der Waals surface area contributed by atoms with E-state index in [9.17, 15) is 0 Å². The van der Waals surface area contributed by atoms with Crippen molar-refractivity contribution >= 4 is 25.3 Å². The van der Waals surface area contributed by atoms with Crippen LogP contribution in [0, 0.1) is 0 Å². The van der Waals surface area contributed by atoms with Crippen LogP contribution in [0.3, 0.4) is 0 Å². The van der Waals surface area contributed by atoms with Gasteiger partial charge in [-0.25, -0.2) is 0 Å². The van der Waals surface area contributed by atoms with Crippen LogP contribution in [0.2, 0.25) is 0 Å². The fraction of sp³-hybridized carbons (Fsp3) is 1.00. The second-order valence-electron chi connectivity index (χ2n) is 3.96. The molecule has 0 unspecified atom stereocenters. The highest BCUT2D eigenvalue weighted by Crippen LogP contribution is 2.33. The molecule has 12 heavy (non-hydrogen) atoms. The molecule has 0 atom stereocenters. The van der Waals surface area contributed by atoms with E-state index < -0.39 is 0 Å². The van der Waals surface area contributed by atoms with Crippen LogP contribution in [0.15, 0.2) is 0 Å². The number of hydrogen-bond donors (Lipinski definition) is 2. The van der Waals surface area contributed by atoms with Crippen molar-refractivity contribution in [3.05, 3.63) is 0 Å². The Morgan fingerprint density at radius 1 is 0.583 bits per heavy atom. The summed E-state index contributed by atoms with van der Waals surface area (Å²) in [4.78, 5) is 0. The van der Waals surface area contributed by atoms with Crippen molar-refractivity contribution < 1.29 is 0 Å². The molecule has 72 valence electrons. The quantitative estimate of drug-likeness (QED) is 0.431. The molecule has 2 heteroatoms. The topological polar surface area (TPSA) is 0 Å². The summed E-state index contributed by atoms with van der Waals surface area (Å²) >= 11 is 9.16. The van der Waals surface area contributed by atoms with Gasteiger partial charge in [-0.05, 0) is 12.8 Å². The first-order valence-corrected chi connectivity index (χ1v) is 6.05. The van der Waals surface area contributed by atoms with Gasteiger partial charge in [-0.3, -0.25) is 0 Å². The van der Waals surface area contributed by atoms with E-state index >= 15 is 0 Å². The second-order valence-corrected chi connectivity index (χ2v) is 6.02. The fourth-order valence-electron chi connectivity index (χ4n) is 1.83. The van der Waals surface area contributed by atoms with Crippen LogP contribution >= 0.6 is 25.3 Å². The fourth-order valence-corrected chi connectivity index (χ4v) is 2.46. The van der Waals surface area contributed by atoms with Crippen LogP contribution in [-0.2, 0) is 0 Å². The van der Waals surface area contributed by atoms with Gasteiger partial charge in [-0.1, -0.05) is 44.9 Å². The van der Waals surface area contributed by atoms with Crippen molar-refractivity contribution in [1.29, 1.82) is 0 Å². The molecule has 1 fully saturated rings. The molecule has 0 amide bonds. The highest BCUT2D eigenvalue weighted by molar-refractivity contribution is 8.00. The van der Waals surface area contributed by atoms with E-state index in [2.05, 4.69) is 25.3 Å². The zero-order valence-corrected chi connectivity index (χ0v) is 9.55.